The molecule has 0 unspecified atom stereocenters. The van der Waals surface area contributed by atoms with E-state index in [1.807, 2.05) is 20.8 Å². The molecule has 140 valence electrons. The smallest absolute Gasteiger partial charge is 0.242 e. The van der Waals surface area contributed by atoms with Crippen molar-refractivity contribution in [1.82, 2.24) is 14.9 Å². The number of rotatable bonds is 4. The maximum absolute atomic E-state index is 13.7. The highest BCUT2D eigenvalue weighted by atomic mass is 32.2. The predicted octanol–water partition coefficient (Wildman–Crippen LogP) is 3.14. The zero-order chi connectivity index (χ0) is 18.9. The van der Waals surface area contributed by atoms with Gasteiger partial charge in [0.15, 0.2) is 17.4 Å². The van der Waals surface area contributed by atoms with Crippen LogP contribution in [0.15, 0.2) is 23.4 Å². The molecule has 0 spiro atoms. The van der Waals surface area contributed by atoms with Gasteiger partial charge in [0.1, 0.15) is 12.4 Å². The van der Waals surface area contributed by atoms with E-state index in [4.69, 9.17) is 4.74 Å². The lowest BCUT2D eigenvalue weighted by atomic mass is 9.92. The largest absolute Gasteiger partial charge is 0.482 e. The number of thioether (sulfide) groups is 1. The number of fused-ring (bicyclic) bond motifs is 1. The number of benzene rings is 1. The van der Waals surface area contributed by atoms with E-state index >= 15 is 0 Å². The summed E-state index contributed by atoms with van der Waals surface area (Å²) in [6.07, 6.45) is 0.377. The van der Waals surface area contributed by atoms with Crippen LogP contribution in [0.4, 0.5) is 8.78 Å². The van der Waals surface area contributed by atoms with E-state index in [1.165, 1.54) is 17.8 Å². The van der Waals surface area contributed by atoms with Gasteiger partial charge in [0, 0.05) is 18.2 Å². The van der Waals surface area contributed by atoms with Gasteiger partial charge < -0.3 is 4.74 Å². The predicted molar refractivity (Wildman–Crippen MR) is 93.6 cm³/mol. The lowest BCUT2D eigenvalue weighted by molar-refractivity contribution is -0.122. The Balaban J connectivity index is 1.80. The van der Waals surface area contributed by atoms with Crippen LogP contribution in [0.5, 0.6) is 5.75 Å². The molecule has 0 atom stereocenters. The molecule has 6 nitrogen and oxygen atoms in total. The van der Waals surface area contributed by atoms with Crippen molar-refractivity contribution < 1.29 is 18.3 Å². The van der Waals surface area contributed by atoms with E-state index in [9.17, 15) is 13.6 Å². The van der Waals surface area contributed by atoms with Gasteiger partial charge in [0.25, 0.3) is 0 Å². The van der Waals surface area contributed by atoms with Crippen LogP contribution >= 0.6 is 11.8 Å². The molecule has 1 aliphatic heterocycles. The Morgan fingerprint density at radius 2 is 2.08 bits per heavy atom. The molecule has 1 aromatic carbocycles. The first-order valence-electron chi connectivity index (χ1n) is 8.20. The second kappa shape index (κ2) is 7.22. The molecule has 0 fully saturated rings. The Morgan fingerprint density at radius 1 is 1.31 bits per heavy atom. The van der Waals surface area contributed by atoms with Crippen molar-refractivity contribution in [3.8, 4) is 5.75 Å². The zero-order valence-corrected chi connectivity index (χ0v) is 15.6. The van der Waals surface area contributed by atoms with E-state index < -0.39 is 11.6 Å². The molecule has 1 aliphatic rings. The standard InChI is InChI=1S/C17H20F2N4O2S/c1-17(2,3)9-15(24)22-6-7-26-16-21-20-14(23(16)22)10-25-13-5-4-11(18)8-12(13)19/h4-5,8H,6-7,9-10H2,1-3H3. The van der Waals surface area contributed by atoms with E-state index in [1.54, 1.807) is 9.69 Å². The fraction of sp³-hybridized carbons (Fsp3) is 0.471. The molecule has 1 amide bonds. The SMILES string of the molecule is CC(C)(C)CC(=O)N1CCSc2nnc(COc3ccc(F)cc3F)n21. The summed E-state index contributed by atoms with van der Waals surface area (Å²) in [5.41, 5.74) is -0.149. The molecule has 0 radical (unpaired) electrons. The number of halogens is 2. The highest BCUT2D eigenvalue weighted by molar-refractivity contribution is 7.99. The Labute approximate surface area is 154 Å². The third-order valence-electron chi connectivity index (χ3n) is 3.67. The molecule has 2 aromatic rings. The van der Waals surface area contributed by atoms with Crippen LogP contribution in [0, 0.1) is 17.0 Å². The molecular weight excluding hydrogens is 362 g/mol. The first-order valence-corrected chi connectivity index (χ1v) is 9.19. The van der Waals surface area contributed by atoms with Crippen LogP contribution in [0.1, 0.15) is 33.0 Å². The number of nitrogens with zero attached hydrogens (tertiary/aromatic N) is 4. The molecular formula is C17H20F2N4O2S. The van der Waals surface area contributed by atoms with E-state index in [2.05, 4.69) is 10.2 Å². The van der Waals surface area contributed by atoms with Crippen LogP contribution < -0.4 is 9.75 Å². The van der Waals surface area contributed by atoms with Gasteiger partial charge in [-0.2, -0.15) is 0 Å². The number of carbonyl (C=O) groups is 1. The van der Waals surface area contributed by atoms with Gasteiger partial charge in [-0.05, 0) is 17.5 Å². The van der Waals surface area contributed by atoms with Gasteiger partial charge in [0.05, 0.1) is 6.54 Å². The fourth-order valence-corrected chi connectivity index (χ4v) is 3.43. The summed E-state index contributed by atoms with van der Waals surface area (Å²) < 4.78 is 33.8. The summed E-state index contributed by atoms with van der Waals surface area (Å²) in [6, 6.07) is 3.09. The highest BCUT2D eigenvalue weighted by Crippen LogP contribution is 2.26. The minimum Gasteiger partial charge on any atom is -0.482 e. The van der Waals surface area contributed by atoms with Crippen LogP contribution in [0.25, 0.3) is 0 Å². The molecule has 3 rings (SSSR count). The van der Waals surface area contributed by atoms with Gasteiger partial charge in [-0.15, -0.1) is 10.2 Å². The van der Waals surface area contributed by atoms with Gasteiger partial charge >= 0.3 is 0 Å². The Bertz CT molecular complexity index is 820. The van der Waals surface area contributed by atoms with Crippen LogP contribution in [-0.2, 0) is 11.4 Å². The second-order valence-electron chi connectivity index (χ2n) is 7.18. The number of hydrogen-bond donors (Lipinski definition) is 0. The van der Waals surface area contributed by atoms with Crippen molar-refractivity contribution in [2.45, 2.75) is 39.0 Å². The van der Waals surface area contributed by atoms with Crippen molar-refractivity contribution in [2.75, 3.05) is 17.3 Å². The quantitative estimate of drug-likeness (QED) is 0.813. The monoisotopic (exact) mass is 382 g/mol. The summed E-state index contributed by atoms with van der Waals surface area (Å²) in [7, 11) is 0. The first kappa shape index (κ1) is 18.6. The molecule has 2 heterocycles. The number of ether oxygens (including phenoxy) is 1. The van der Waals surface area contributed by atoms with Gasteiger partial charge in [-0.3, -0.25) is 4.79 Å². The van der Waals surface area contributed by atoms with Crippen LogP contribution in [0.3, 0.4) is 0 Å². The van der Waals surface area contributed by atoms with Gasteiger partial charge in [0.2, 0.25) is 11.1 Å². The Hall–Kier alpha value is -2.16. The molecule has 0 saturated heterocycles. The molecule has 0 bridgehead atoms. The van der Waals surface area contributed by atoms with Crippen molar-refractivity contribution in [2.24, 2.45) is 5.41 Å². The summed E-state index contributed by atoms with van der Waals surface area (Å²) in [5, 5.41) is 10.4. The molecule has 1 aromatic heterocycles. The third kappa shape index (κ3) is 4.14. The van der Waals surface area contributed by atoms with Crippen molar-refractivity contribution in [1.29, 1.82) is 0 Å². The Kier molecular flexibility index (Phi) is 5.17. The summed E-state index contributed by atoms with van der Waals surface area (Å²) in [4.78, 5) is 12.7. The number of amides is 1. The van der Waals surface area contributed by atoms with Gasteiger partial charge in [-0.25, -0.2) is 18.5 Å². The summed E-state index contributed by atoms with van der Waals surface area (Å²) in [6.45, 7) is 6.44. The van der Waals surface area contributed by atoms with Crippen molar-refractivity contribution in [3.05, 3.63) is 35.7 Å². The first-order chi connectivity index (χ1) is 12.2. The molecule has 0 N–H and O–H groups in total. The van der Waals surface area contributed by atoms with E-state index in [-0.39, 0.29) is 23.7 Å². The van der Waals surface area contributed by atoms with Crippen molar-refractivity contribution in [3.63, 3.8) is 0 Å². The summed E-state index contributed by atoms with van der Waals surface area (Å²) >= 11 is 1.49. The van der Waals surface area contributed by atoms with Crippen LogP contribution in [0.2, 0.25) is 0 Å². The third-order valence-corrected chi connectivity index (χ3v) is 4.57. The lowest BCUT2D eigenvalue weighted by Gasteiger charge is -2.31. The minimum absolute atomic E-state index is 0.0342. The average molecular weight is 382 g/mol. The molecule has 26 heavy (non-hydrogen) atoms. The number of aromatic nitrogens is 3. The van der Waals surface area contributed by atoms with Crippen molar-refractivity contribution >= 4 is 17.7 Å². The fourth-order valence-electron chi connectivity index (χ4n) is 2.56. The number of carbonyl (C=O) groups excluding carboxylic acids is 1. The van der Waals surface area contributed by atoms with E-state index in [0.29, 0.717) is 23.9 Å². The Morgan fingerprint density at radius 3 is 2.77 bits per heavy atom. The number of hydrogen-bond acceptors (Lipinski definition) is 5. The minimum atomic E-state index is -0.793. The topological polar surface area (TPSA) is 60.3 Å². The zero-order valence-electron chi connectivity index (χ0n) is 14.8. The normalized spacial score (nSPS) is 14.3. The second-order valence-corrected chi connectivity index (χ2v) is 8.24. The lowest BCUT2D eigenvalue weighted by Crippen LogP contribution is -2.46. The maximum atomic E-state index is 13.7. The maximum Gasteiger partial charge on any atom is 0.242 e. The molecule has 0 aliphatic carbocycles. The molecule has 9 heteroatoms. The highest BCUT2D eigenvalue weighted by Gasteiger charge is 2.29. The molecule has 0 saturated carbocycles. The van der Waals surface area contributed by atoms with Gasteiger partial charge in [-0.1, -0.05) is 32.5 Å². The average Bonchev–Trinajstić information content (AvgIpc) is 2.95. The van der Waals surface area contributed by atoms with E-state index in [0.717, 1.165) is 17.9 Å². The van der Waals surface area contributed by atoms with Crippen LogP contribution in [-0.4, -0.2) is 33.1 Å². The summed E-state index contributed by atoms with van der Waals surface area (Å²) in [5.74, 6) is -0.476.